The average Bonchev–Trinajstić information content (AvgIpc) is 2.29. The Morgan fingerprint density at radius 2 is 1.75 bits per heavy atom. The van der Waals surface area contributed by atoms with Crippen LogP contribution in [-0.4, -0.2) is 28.9 Å². The summed E-state index contributed by atoms with van der Waals surface area (Å²) in [6.45, 7) is 9.10. The van der Waals surface area contributed by atoms with E-state index in [-0.39, 0.29) is 6.61 Å². The molecule has 0 aliphatic heterocycles. The highest BCUT2D eigenvalue weighted by Crippen LogP contribution is 2.15. The van der Waals surface area contributed by atoms with Crippen LogP contribution in [0, 0.1) is 6.92 Å². The molecule has 20 heavy (non-hydrogen) atoms. The zero-order chi connectivity index (χ0) is 15.4. The Hall–Kier alpha value is -1.55. The van der Waals surface area contributed by atoms with Crippen molar-refractivity contribution >= 4 is 6.09 Å². The fourth-order valence-electron chi connectivity index (χ4n) is 1.85. The van der Waals surface area contributed by atoms with Gasteiger partial charge >= 0.3 is 6.09 Å². The molecule has 0 fully saturated rings. The Morgan fingerprint density at radius 1 is 1.20 bits per heavy atom. The summed E-state index contributed by atoms with van der Waals surface area (Å²) in [4.78, 5) is 11.8. The van der Waals surface area contributed by atoms with Crippen LogP contribution in [0.25, 0.3) is 0 Å². The fraction of sp³-hybridized carbons (Fsp3) is 0.562. The number of rotatable bonds is 4. The van der Waals surface area contributed by atoms with Crippen molar-refractivity contribution in [2.45, 2.75) is 52.2 Å². The Morgan fingerprint density at radius 3 is 2.20 bits per heavy atom. The second-order valence-electron chi connectivity index (χ2n) is 6.51. The van der Waals surface area contributed by atoms with E-state index < -0.39 is 17.2 Å². The molecule has 1 amide bonds. The number of ether oxygens (including phenoxy) is 1. The van der Waals surface area contributed by atoms with Crippen LogP contribution >= 0.6 is 0 Å². The first kappa shape index (κ1) is 16.5. The first-order chi connectivity index (χ1) is 9.13. The topological polar surface area (TPSA) is 58.6 Å². The molecule has 1 aromatic rings. The van der Waals surface area contributed by atoms with Crippen molar-refractivity contribution in [2.75, 3.05) is 6.61 Å². The number of hydrogen-bond acceptors (Lipinski definition) is 3. The van der Waals surface area contributed by atoms with Crippen LogP contribution in [0.4, 0.5) is 4.79 Å². The van der Waals surface area contributed by atoms with Gasteiger partial charge in [-0.05, 0) is 46.6 Å². The highest BCUT2D eigenvalue weighted by atomic mass is 16.6. The predicted octanol–water partition coefficient (Wildman–Crippen LogP) is 2.81. The normalized spacial score (nSPS) is 14.5. The van der Waals surface area contributed by atoms with E-state index in [4.69, 9.17) is 4.74 Å². The van der Waals surface area contributed by atoms with E-state index >= 15 is 0 Å². The Labute approximate surface area is 121 Å². The van der Waals surface area contributed by atoms with Crippen LogP contribution in [0.5, 0.6) is 0 Å². The lowest BCUT2D eigenvalue weighted by Crippen LogP contribution is -2.52. The molecule has 0 aromatic heterocycles. The third-order valence-corrected chi connectivity index (χ3v) is 2.87. The Bertz CT molecular complexity index is 448. The highest BCUT2D eigenvalue weighted by Gasteiger charge is 2.28. The van der Waals surface area contributed by atoms with Crippen molar-refractivity contribution in [3.63, 3.8) is 0 Å². The van der Waals surface area contributed by atoms with Gasteiger partial charge in [0.15, 0.2) is 0 Å². The molecule has 2 N–H and O–H groups in total. The number of nitrogens with one attached hydrogen (secondary N) is 1. The number of carbonyl (C=O) groups is 1. The van der Waals surface area contributed by atoms with Gasteiger partial charge in [0.2, 0.25) is 0 Å². The third-order valence-electron chi connectivity index (χ3n) is 2.87. The maximum atomic E-state index is 11.8. The van der Waals surface area contributed by atoms with E-state index in [0.717, 1.165) is 5.56 Å². The third kappa shape index (κ3) is 5.61. The maximum absolute atomic E-state index is 11.8. The average molecular weight is 279 g/mol. The molecule has 1 unspecified atom stereocenters. The van der Waals surface area contributed by atoms with Gasteiger partial charge < -0.3 is 15.2 Å². The number of aryl methyl sites for hydroxylation is 1. The van der Waals surface area contributed by atoms with Crippen LogP contribution in [-0.2, 0) is 11.2 Å². The van der Waals surface area contributed by atoms with Crippen molar-refractivity contribution in [3.05, 3.63) is 35.4 Å². The number of hydrogen-bond donors (Lipinski definition) is 2. The van der Waals surface area contributed by atoms with Gasteiger partial charge in [-0.15, -0.1) is 0 Å². The molecule has 0 spiro atoms. The standard InChI is InChI=1S/C16H25NO3/c1-12-6-8-13(9-7-12)10-16(5,11-18)17-14(19)20-15(2,3)4/h6-9,18H,10-11H2,1-5H3,(H,17,19). The van der Waals surface area contributed by atoms with Gasteiger partial charge in [0, 0.05) is 0 Å². The lowest BCUT2D eigenvalue weighted by Gasteiger charge is -2.30. The van der Waals surface area contributed by atoms with Crippen molar-refractivity contribution in [1.29, 1.82) is 0 Å². The number of amides is 1. The number of benzene rings is 1. The minimum atomic E-state index is -0.739. The summed E-state index contributed by atoms with van der Waals surface area (Å²) >= 11 is 0. The highest BCUT2D eigenvalue weighted by molar-refractivity contribution is 5.68. The van der Waals surface area contributed by atoms with Crippen LogP contribution < -0.4 is 5.32 Å². The lowest BCUT2D eigenvalue weighted by molar-refractivity contribution is 0.0415. The molecule has 4 nitrogen and oxygen atoms in total. The van der Waals surface area contributed by atoms with Gasteiger partial charge in [-0.2, -0.15) is 0 Å². The SMILES string of the molecule is Cc1ccc(CC(C)(CO)NC(=O)OC(C)(C)C)cc1. The molecule has 1 atom stereocenters. The molecular formula is C16H25NO3. The molecule has 0 bridgehead atoms. The van der Waals surface area contributed by atoms with E-state index in [1.54, 1.807) is 6.92 Å². The number of aliphatic hydroxyl groups is 1. The van der Waals surface area contributed by atoms with Gasteiger partial charge in [-0.3, -0.25) is 0 Å². The summed E-state index contributed by atoms with van der Waals surface area (Å²) in [6, 6.07) is 8.03. The maximum Gasteiger partial charge on any atom is 0.408 e. The molecule has 0 aliphatic rings. The zero-order valence-corrected chi connectivity index (χ0v) is 13.0. The van der Waals surface area contributed by atoms with Crippen LogP contribution in [0.3, 0.4) is 0 Å². The molecular weight excluding hydrogens is 254 g/mol. The molecule has 0 saturated heterocycles. The first-order valence-electron chi connectivity index (χ1n) is 6.81. The Kier molecular flexibility index (Phi) is 5.17. The molecule has 112 valence electrons. The quantitative estimate of drug-likeness (QED) is 0.891. The Balaban J connectivity index is 2.71. The summed E-state index contributed by atoms with van der Waals surface area (Å²) in [5.74, 6) is 0. The van der Waals surface area contributed by atoms with Gasteiger partial charge in [-0.25, -0.2) is 4.79 Å². The summed E-state index contributed by atoms with van der Waals surface area (Å²) in [7, 11) is 0. The van der Waals surface area contributed by atoms with Crippen molar-refractivity contribution < 1.29 is 14.6 Å². The van der Waals surface area contributed by atoms with Gasteiger partial charge in [-0.1, -0.05) is 29.8 Å². The number of carbonyl (C=O) groups excluding carboxylic acids is 1. The number of aliphatic hydroxyl groups excluding tert-OH is 1. The molecule has 1 rings (SSSR count). The van der Waals surface area contributed by atoms with Crippen molar-refractivity contribution in [1.82, 2.24) is 5.32 Å². The molecule has 1 aromatic carbocycles. The van der Waals surface area contributed by atoms with E-state index in [1.807, 2.05) is 52.0 Å². The van der Waals surface area contributed by atoms with E-state index in [2.05, 4.69) is 5.32 Å². The zero-order valence-electron chi connectivity index (χ0n) is 13.0. The van der Waals surface area contributed by atoms with Crippen LogP contribution in [0.15, 0.2) is 24.3 Å². The van der Waals surface area contributed by atoms with Gasteiger partial charge in [0.05, 0.1) is 12.1 Å². The summed E-state index contributed by atoms with van der Waals surface area (Å²) in [6.07, 6.45) is 0.0319. The van der Waals surface area contributed by atoms with E-state index in [1.165, 1.54) is 5.56 Å². The molecule has 0 radical (unpaired) electrons. The molecule has 0 saturated carbocycles. The molecule has 0 aliphatic carbocycles. The van der Waals surface area contributed by atoms with Crippen LogP contribution in [0.2, 0.25) is 0 Å². The molecule has 4 heteroatoms. The monoisotopic (exact) mass is 279 g/mol. The van der Waals surface area contributed by atoms with Crippen molar-refractivity contribution in [2.24, 2.45) is 0 Å². The van der Waals surface area contributed by atoms with Crippen molar-refractivity contribution in [3.8, 4) is 0 Å². The van der Waals surface area contributed by atoms with Crippen LogP contribution in [0.1, 0.15) is 38.8 Å². The summed E-state index contributed by atoms with van der Waals surface area (Å²) < 4.78 is 5.23. The summed E-state index contributed by atoms with van der Waals surface area (Å²) in [5.41, 5.74) is 0.949. The van der Waals surface area contributed by atoms with Gasteiger partial charge in [0.25, 0.3) is 0 Å². The summed E-state index contributed by atoms with van der Waals surface area (Å²) in [5, 5.41) is 12.3. The lowest BCUT2D eigenvalue weighted by atomic mass is 9.93. The second kappa shape index (κ2) is 6.27. The fourth-order valence-corrected chi connectivity index (χ4v) is 1.85. The number of alkyl carbamates (subject to hydrolysis) is 1. The minimum absolute atomic E-state index is 0.153. The van der Waals surface area contributed by atoms with E-state index in [9.17, 15) is 9.90 Å². The van der Waals surface area contributed by atoms with E-state index in [0.29, 0.717) is 6.42 Å². The van der Waals surface area contributed by atoms with Gasteiger partial charge in [0.1, 0.15) is 5.60 Å². The molecule has 0 heterocycles. The minimum Gasteiger partial charge on any atom is -0.444 e. The largest absolute Gasteiger partial charge is 0.444 e. The smallest absolute Gasteiger partial charge is 0.408 e. The second-order valence-corrected chi connectivity index (χ2v) is 6.51. The first-order valence-corrected chi connectivity index (χ1v) is 6.81. The predicted molar refractivity (Wildman–Crippen MR) is 79.7 cm³/mol.